The molecular formula is C134H86N6S3. The van der Waals surface area contributed by atoms with E-state index in [0.717, 1.165) is 17.1 Å². The van der Waals surface area contributed by atoms with E-state index in [0.29, 0.717) is 0 Å². The molecule has 9 aromatic heterocycles. The Kier molecular flexibility index (Phi) is 19.0. The second-order valence-electron chi connectivity index (χ2n) is 37.8. The molecule has 143 heavy (non-hydrogen) atoms. The number of rotatable bonds is 10. The molecule has 0 radical (unpaired) electrons. The predicted molar refractivity (Wildman–Crippen MR) is 616 cm³/mol. The SMILES string of the molecule is Cc1ccc2c3cc4c5ccccc5n(-c5ccc(-c6cccc7c6sc6ccccc67)cc5)c4cc3n(-c3ccccc3)c2c1.Cn1c2ccccc2c2cc3c4ccccc4n(-c4ccc(-c5cccc6c5sc5ccccc56)cc4)c3cc21.c1ccc(-c2ccc3c(c2)c2cc4c5ccc(-c6ccccc6)cc5n(-c5ccccc5)c4cc2n3-c2ccc(-c3cccc4c3sc3ccccc34)cc2)cc1. The van der Waals surface area contributed by atoms with E-state index in [4.69, 9.17) is 0 Å². The van der Waals surface area contributed by atoms with Gasteiger partial charge in [0.2, 0.25) is 0 Å². The Morgan fingerprint density at radius 1 is 0.147 bits per heavy atom. The van der Waals surface area contributed by atoms with Gasteiger partial charge in [0, 0.05) is 166 Å². The van der Waals surface area contributed by atoms with Gasteiger partial charge in [0.25, 0.3) is 0 Å². The largest absolute Gasteiger partial charge is 0.344 e. The number of fused-ring (bicyclic) bond motifs is 27. The quantitative estimate of drug-likeness (QED) is 0.131. The molecule has 0 N–H and O–H groups in total. The summed E-state index contributed by atoms with van der Waals surface area (Å²) < 4.78 is 22.6. The van der Waals surface area contributed by atoms with Crippen LogP contribution in [0.2, 0.25) is 0 Å². The molecule has 0 unspecified atom stereocenters. The molecule has 0 aliphatic rings. The van der Waals surface area contributed by atoms with Crippen LogP contribution in [0.25, 0.3) is 275 Å². The fourth-order valence-electron chi connectivity index (χ4n) is 23.2. The van der Waals surface area contributed by atoms with Crippen molar-refractivity contribution in [3.63, 3.8) is 0 Å². The number of benzene rings is 22. The molecule has 0 saturated heterocycles. The van der Waals surface area contributed by atoms with E-state index < -0.39 is 0 Å². The fourth-order valence-corrected chi connectivity index (χ4v) is 26.9. The second kappa shape index (κ2) is 33.0. The lowest BCUT2D eigenvalue weighted by molar-refractivity contribution is 1.01. The van der Waals surface area contributed by atoms with E-state index in [2.05, 4.69) is 527 Å². The molecule has 9 heteroatoms. The minimum absolute atomic E-state index is 1.14. The monoisotopic (exact) mass is 1870 g/mol. The van der Waals surface area contributed by atoms with Crippen LogP contribution in [0.5, 0.6) is 0 Å². The maximum atomic E-state index is 2.46. The van der Waals surface area contributed by atoms with Gasteiger partial charge in [-0.25, -0.2) is 0 Å². The van der Waals surface area contributed by atoms with Crippen molar-refractivity contribution in [3.05, 3.63) is 491 Å². The summed E-state index contributed by atoms with van der Waals surface area (Å²) in [5, 5.41) is 23.3. The van der Waals surface area contributed by atoms with Gasteiger partial charge in [0.1, 0.15) is 0 Å². The van der Waals surface area contributed by atoms with Crippen LogP contribution in [-0.2, 0) is 7.05 Å². The summed E-state index contributed by atoms with van der Waals surface area (Å²) in [6.45, 7) is 2.18. The Morgan fingerprint density at radius 3 is 0.832 bits per heavy atom. The van der Waals surface area contributed by atoms with Crippen molar-refractivity contribution in [2.45, 2.75) is 6.92 Å². The number of hydrogen-bond donors (Lipinski definition) is 0. The molecule has 0 spiro atoms. The summed E-state index contributed by atoms with van der Waals surface area (Å²) in [5.41, 5.74) is 34.1. The van der Waals surface area contributed by atoms with Gasteiger partial charge in [-0.3, -0.25) is 0 Å². The highest BCUT2D eigenvalue weighted by atomic mass is 32.1. The van der Waals surface area contributed by atoms with E-state index in [1.165, 1.54) is 264 Å². The summed E-state index contributed by atoms with van der Waals surface area (Å²) in [4.78, 5) is 0. The van der Waals surface area contributed by atoms with Gasteiger partial charge < -0.3 is 27.4 Å². The van der Waals surface area contributed by atoms with Crippen LogP contribution in [0.15, 0.2) is 485 Å². The lowest BCUT2D eigenvalue weighted by Crippen LogP contribution is -1.96. The van der Waals surface area contributed by atoms with Crippen molar-refractivity contribution >= 4 is 225 Å². The first-order valence-corrected chi connectivity index (χ1v) is 51.4. The average Bonchev–Trinajstić information content (AvgIpc) is 1.56. The number of aryl methyl sites for hydroxylation is 2. The van der Waals surface area contributed by atoms with Gasteiger partial charge in [-0.2, -0.15) is 0 Å². The van der Waals surface area contributed by atoms with Crippen molar-refractivity contribution in [2.24, 2.45) is 7.05 Å². The van der Waals surface area contributed by atoms with E-state index in [1.54, 1.807) is 0 Å². The van der Waals surface area contributed by atoms with Crippen LogP contribution in [0.3, 0.4) is 0 Å². The van der Waals surface area contributed by atoms with Crippen LogP contribution in [0.4, 0.5) is 0 Å². The Labute approximate surface area is 835 Å². The molecule has 0 fully saturated rings. The highest BCUT2D eigenvalue weighted by molar-refractivity contribution is 7.27. The van der Waals surface area contributed by atoms with Crippen molar-refractivity contribution in [1.29, 1.82) is 0 Å². The Morgan fingerprint density at radius 2 is 0.413 bits per heavy atom. The van der Waals surface area contributed by atoms with E-state index >= 15 is 0 Å². The number of nitrogens with zero attached hydrogens (tertiary/aromatic N) is 6. The van der Waals surface area contributed by atoms with Crippen molar-refractivity contribution in [2.75, 3.05) is 0 Å². The van der Waals surface area contributed by atoms with Crippen LogP contribution in [-0.4, -0.2) is 27.4 Å². The molecule has 670 valence electrons. The number of aromatic nitrogens is 6. The smallest absolute Gasteiger partial charge is 0.0562 e. The second-order valence-corrected chi connectivity index (χ2v) is 41.0. The molecule has 0 atom stereocenters. The zero-order chi connectivity index (χ0) is 94.2. The number of hydrogen-bond acceptors (Lipinski definition) is 3. The highest BCUT2D eigenvalue weighted by Crippen LogP contribution is 2.50. The van der Waals surface area contributed by atoms with E-state index in [9.17, 15) is 0 Å². The molecule has 0 amide bonds. The lowest BCUT2D eigenvalue weighted by atomic mass is 10.0. The van der Waals surface area contributed by atoms with Gasteiger partial charge in [-0.05, 0) is 226 Å². The van der Waals surface area contributed by atoms with Gasteiger partial charge >= 0.3 is 0 Å². The Balaban J connectivity index is 0.000000104. The molecule has 6 nitrogen and oxygen atoms in total. The standard InChI is InChI=1S/C54H34N2S.C43H28N2S.C37H24N2S/c1-4-13-35(14-5-1)38-26-30-49-46(31-38)48-33-47-43-29-25-39(36-15-6-2-7-16-36)32-50(43)56(40-17-8-3-9-18-40)51(47)34-52(48)55(49)41-27-23-37(24-28-41)42-20-12-21-45-44-19-10-11-22-53(44)57-54(42)45;1-27-18-23-33-37-25-36-32-12-5-7-16-38(32)44(40(36)26-41(37)45(39(33)24-27)29-10-3-2-4-11-29)30-21-19-28(20-22-30)31-14-9-15-35-34-13-6-8-17-42(34)46-43(31)35;1-38-32-14-5-2-9-26(32)30-21-31-27-10-3-6-15-33(27)39(35(31)22-34(30)38)24-19-17-23(18-20-24)25-12-8-13-29-28-11-4-7-16-36(28)40-37(25)29/h1-34H;2-26H,1H3;2-22H,1H3. The third-order valence-electron chi connectivity index (χ3n) is 29.8. The normalized spacial score (nSPS) is 12.0. The molecule has 9 heterocycles. The van der Waals surface area contributed by atoms with Crippen LogP contribution < -0.4 is 0 Å². The third kappa shape index (κ3) is 13.2. The third-order valence-corrected chi connectivity index (χ3v) is 33.5. The Hall–Kier alpha value is -17.7. The van der Waals surface area contributed by atoms with Gasteiger partial charge in [-0.1, -0.05) is 328 Å². The summed E-state index contributed by atoms with van der Waals surface area (Å²) in [6, 6.07) is 178. The van der Waals surface area contributed by atoms with Gasteiger partial charge in [0.05, 0.1) is 60.7 Å². The zero-order valence-electron chi connectivity index (χ0n) is 78.1. The lowest BCUT2D eigenvalue weighted by Gasteiger charge is -2.12. The molecule has 0 bridgehead atoms. The predicted octanol–water partition coefficient (Wildman–Crippen LogP) is 37.9. The first kappa shape index (κ1) is 82.4. The summed E-state index contributed by atoms with van der Waals surface area (Å²) >= 11 is 5.65. The average molecular weight is 1880 g/mol. The minimum atomic E-state index is 1.14. The molecule has 31 aromatic rings. The van der Waals surface area contributed by atoms with Crippen LogP contribution in [0, 0.1) is 6.92 Å². The zero-order valence-corrected chi connectivity index (χ0v) is 80.5. The summed E-state index contributed by atoms with van der Waals surface area (Å²) in [7, 11) is 2.17. The molecule has 31 rings (SSSR count). The molecule has 22 aromatic carbocycles. The molecule has 0 aliphatic heterocycles. The van der Waals surface area contributed by atoms with Gasteiger partial charge in [0.15, 0.2) is 0 Å². The van der Waals surface area contributed by atoms with Crippen molar-refractivity contribution in [1.82, 2.24) is 27.4 Å². The number of para-hydroxylation sites is 5. The van der Waals surface area contributed by atoms with Crippen molar-refractivity contribution < 1.29 is 0 Å². The van der Waals surface area contributed by atoms with E-state index in [-0.39, 0.29) is 0 Å². The van der Waals surface area contributed by atoms with Gasteiger partial charge in [-0.15, -0.1) is 34.0 Å². The fraction of sp³-hybridized carbons (Fsp3) is 0.0149. The topological polar surface area (TPSA) is 29.6 Å². The summed E-state index contributed by atoms with van der Waals surface area (Å²) in [6.07, 6.45) is 0. The highest BCUT2D eigenvalue weighted by Gasteiger charge is 2.26. The number of thiophene rings is 3. The Bertz CT molecular complexity index is 10600. The van der Waals surface area contributed by atoms with Crippen LogP contribution >= 0.6 is 34.0 Å². The summed E-state index contributed by atoms with van der Waals surface area (Å²) in [5.74, 6) is 0. The maximum Gasteiger partial charge on any atom is 0.0562 e. The van der Waals surface area contributed by atoms with E-state index in [1.807, 2.05) is 34.0 Å². The van der Waals surface area contributed by atoms with Crippen LogP contribution in [0.1, 0.15) is 5.56 Å². The first-order valence-electron chi connectivity index (χ1n) is 49.0. The minimum Gasteiger partial charge on any atom is -0.344 e. The molecular weight excluding hydrogens is 1790 g/mol. The first-order chi connectivity index (χ1) is 70.7. The van der Waals surface area contributed by atoms with Crippen molar-refractivity contribution in [3.8, 4) is 84.1 Å². The molecule has 0 aliphatic carbocycles. The molecule has 0 saturated carbocycles. The maximum absolute atomic E-state index is 2.46.